The quantitative estimate of drug-likeness (QED) is 0.631. The Kier molecular flexibility index (Phi) is 4.83. The van der Waals surface area contributed by atoms with Gasteiger partial charge in [0.15, 0.2) is 0 Å². The molecule has 0 unspecified atom stereocenters. The number of phenolic OH excluding ortho intramolecular Hbond substituents is 1. The lowest BCUT2D eigenvalue weighted by atomic mass is 10.1. The molecule has 2 aromatic carbocycles. The van der Waals surface area contributed by atoms with Crippen LogP contribution in [0.1, 0.15) is 28.8 Å². The molecule has 2 amide bonds. The molecule has 0 aromatic heterocycles. The van der Waals surface area contributed by atoms with Gasteiger partial charge < -0.3 is 15.3 Å². The molecule has 26 heavy (non-hydrogen) atoms. The SMILES string of the molecule is O=C(NCc1cc([N+](=O)[O-])ccc1O)c1ccc(N2CCCC2=O)cc1. The van der Waals surface area contributed by atoms with Crippen molar-refractivity contribution >= 4 is 23.2 Å². The maximum absolute atomic E-state index is 12.2. The number of aromatic hydroxyl groups is 1. The Morgan fingerprint density at radius 3 is 2.58 bits per heavy atom. The van der Waals surface area contributed by atoms with Crippen molar-refractivity contribution < 1.29 is 19.6 Å². The van der Waals surface area contributed by atoms with E-state index in [-0.39, 0.29) is 35.4 Å². The van der Waals surface area contributed by atoms with Gasteiger partial charge in [0.2, 0.25) is 5.91 Å². The van der Waals surface area contributed by atoms with Gasteiger partial charge in [0.25, 0.3) is 11.6 Å². The van der Waals surface area contributed by atoms with E-state index in [4.69, 9.17) is 0 Å². The van der Waals surface area contributed by atoms with Gasteiger partial charge in [-0.25, -0.2) is 0 Å². The Balaban J connectivity index is 1.66. The predicted molar refractivity (Wildman–Crippen MR) is 94.0 cm³/mol. The number of nitro benzene ring substituents is 1. The molecule has 1 aliphatic rings. The Bertz CT molecular complexity index is 864. The zero-order chi connectivity index (χ0) is 18.7. The molecule has 1 heterocycles. The van der Waals surface area contributed by atoms with Crippen LogP contribution in [0.4, 0.5) is 11.4 Å². The summed E-state index contributed by atoms with van der Waals surface area (Å²) in [6.45, 7) is 0.634. The second-order valence-corrected chi connectivity index (χ2v) is 5.95. The molecular weight excluding hydrogens is 338 g/mol. The summed E-state index contributed by atoms with van der Waals surface area (Å²) in [6.07, 6.45) is 1.36. The van der Waals surface area contributed by atoms with Crippen LogP contribution in [0.5, 0.6) is 5.75 Å². The number of rotatable bonds is 5. The van der Waals surface area contributed by atoms with E-state index in [1.807, 2.05) is 0 Å². The van der Waals surface area contributed by atoms with Crippen molar-refractivity contribution in [2.24, 2.45) is 0 Å². The minimum absolute atomic E-state index is 0.0429. The third-order valence-corrected chi connectivity index (χ3v) is 4.23. The standard InChI is InChI=1S/C18H17N3O5/c22-16-8-7-15(21(25)26)10-13(16)11-19-18(24)12-3-5-14(6-4-12)20-9-1-2-17(20)23/h3-8,10,22H,1-2,9,11H2,(H,19,24). The highest BCUT2D eigenvalue weighted by Crippen LogP contribution is 2.23. The van der Waals surface area contributed by atoms with Crippen molar-refractivity contribution in [3.05, 3.63) is 63.7 Å². The summed E-state index contributed by atoms with van der Waals surface area (Å²) in [4.78, 5) is 35.9. The molecule has 0 atom stereocenters. The van der Waals surface area contributed by atoms with Gasteiger partial charge in [0.05, 0.1) is 4.92 Å². The number of nitro groups is 1. The molecule has 0 bridgehead atoms. The fraction of sp³-hybridized carbons (Fsp3) is 0.222. The summed E-state index contributed by atoms with van der Waals surface area (Å²) in [5, 5.41) is 23.2. The van der Waals surface area contributed by atoms with Crippen molar-refractivity contribution in [2.75, 3.05) is 11.4 Å². The molecule has 0 saturated carbocycles. The number of carbonyl (C=O) groups is 2. The highest BCUT2D eigenvalue weighted by atomic mass is 16.6. The Morgan fingerprint density at radius 2 is 1.96 bits per heavy atom. The number of amides is 2. The number of hydrogen-bond donors (Lipinski definition) is 2. The molecule has 2 N–H and O–H groups in total. The molecular formula is C18H17N3O5. The molecule has 8 heteroatoms. The maximum Gasteiger partial charge on any atom is 0.270 e. The lowest BCUT2D eigenvalue weighted by Crippen LogP contribution is -2.25. The van der Waals surface area contributed by atoms with Crippen molar-refractivity contribution in [3.63, 3.8) is 0 Å². The molecule has 1 aliphatic heterocycles. The van der Waals surface area contributed by atoms with E-state index in [1.54, 1.807) is 29.2 Å². The molecule has 134 valence electrons. The summed E-state index contributed by atoms with van der Waals surface area (Å²) in [6, 6.07) is 10.3. The van der Waals surface area contributed by atoms with Gasteiger partial charge in [-0.15, -0.1) is 0 Å². The van der Waals surface area contributed by atoms with Crippen molar-refractivity contribution in [2.45, 2.75) is 19.4 Å². The fourth-order valence-corrected chi connectivity index (χ4v) is 2.82. The maximum atomic E-state index is 12.2. The van der Waals surface area contributed by atoms with Gasteiger partial charge >= 0.3 is 0 Å². The van der Waals surface area contributed by atoms with Crippen molar-refractivity contribution in [3.8, 4) is 5.75 Å². The molecule has 1 fully saturated rings. The van der Waals surface area contributed by atoms with Crippen LogP contribution in [0.2, 0.25) is 0 Å². The lowest BCUT2D eigenvalue weighted by Gasteiger charge is -2.15. The minimum Gasteiger partial charge on any atom is -0.508 e. The van der Waals surface area contributed by atoms with Gasteiger partial charge in [-0.2, -0.15) is 0 Å². The zero-order valence-electron chi connectivity index (χ0n) is 13.8. The van der Waals surface area contributed by atoms with Gasteiger partial charge in [0, 0.05) is 48.5 Å². The molecule has 0 radical (unpaired) electrons. The molecule has 2 aromatic rings. The first-order valence-corrected chi connectivity index (χ1v) is 8.10. The Morgan fingerprint density at radius 1 is 1.23 bits per heavy atom. The summed E-state index contributed by atoms with van der Waals surface area (Å²) in [5.74, 6) is -0.433. The van der Waals surface area contributed by atoms with Crippen LogP contribution in [0, 0.1) is 10.1 Å². The topological polar surface area (TPSA) is 113 Å². The lowest BCUT2D eigenvalue weighted by molar-refractivity contribution is -0.384. The van der Waals surface area contributed by atoms with Gasteiger partial charge in [-0.3, -0.25) is 19.7 Å². The average molecular weight is 355 g/mol. The van der Waals surface area contributed by atoms with Crippen molar-refractivity contribution in [1.29, 1.82) is 0 Å². The predicted octanol–water partition coefficient (Wildman–Crippen LogP) is 2.36. The summed E-state index contributed by atoms with van der Waals surface area (Å²) >= 11 is 0. The Labute approximate surface area is 149 Å². The molecule has 0 aliphatic carbocycles. The molecule has 8 nitrogen and oxygen atoms in total. The molecule has 3 rings (SSSR count). The number of non-ortho nitro benzene ring substituents is 1. The number of carbonyl (C=O) groups excluding carboxylic acids is 2. The van der Waals surface area contributed by atoms with E-state index in [2.05, 4.69) is 5.32 Å². The normalized spacial score (nSPS) is 13.7. The van der Waals surface area contributed by atoms with E-state index in [0.717, 1.165) is 12.1 Å². The highest BCUT2D eigenvalue weighted by Gasteiger charge is 2.21. The highest BCUT2D eigenvalue weighted by molar-refractivity contribution is 5.97. The van der Waals surface area contributed by atoms with Crippen LogP contribution in [0.3, 0.4) is 0 Å². The van der Waals surface area contributed by atoms with Gasteiger partial charge in [0.1, 0.15) is 5.75 Å². The van der Waals surface area contributed by atoms with Crippen LogP contribution in [0.15, 0.2) is 42.5 Å². The van der Waals surface area contributed by atoms with E-state index >= 15 is 0 Å². The third-order valence-electron chi connectivity index (χ3n) is 4.23. The van der Waals surface area contributed by atoms with Crippen LogP contribution in [0.25, 0.3) is 0 Å². The van der Waals surface area contributed by atoms with E-state index in [0.29, 0.717) is 18.5 Å². The third kappa shape index (κ3) is 3.64. The number of anilines is 1. The average Bonchev–Trinajstić information content (AvgIpc) is 3.06. The van der Waals surface area contributed by atoms with E-state index in [1.165, 1.54) is 18.2 Å². The minimum atomic E-state index is -0.566. The second kappa shape index (κ2) is 7.22. The number of benzene rings is 2. The molecule has 0 spiro atoms. The van der Waals surface area contributed by atoms with Crippen LogP contribution in [-0.2, 0) is 11.3 Å². The van der Waals surface area contributed by atoms with Crippen molar-refractivity contribution in [1.82, 2.24) is 5.32 Å². The van der Waals surface area contributed by atoms with E-state index < -0.39 is 4.92 Å². The first-order valence-electron chi connectivity index (χ1n) is 8.10. The van der Waals surface area contributed by atoms with Gasteiger partial charge in [-0.05, 0) is 36.8 Å². The number of nitrogens with one attached hydrogen (secondary N) is 1. The number of hydrogen-bond acceptors (Lipinski definition) is 5. The Hall–Kier alpha value is -3.42. The van der Waals surface area contributed by atoms with Crippen LogP contribution in [-0.4, -0.2) is 28.4 Å². The monoisotopic (exact) mass is 355 g/mol. The first-order chi connectivity index (χ1) is 12.5. The summed E-state index contributed by atoms with van der Waals surface area (Å²) in [5.41, 5.74) is 1.24. The number of phenols is 1. The van der Waals surface area contributed by atoms with Crippen LogP contribution < -0.4 is 10.2 Å². The fourth-order valence-electron chi connectivity index (χ4n) is 2.82. The summed E-state index contributed by atoms with van der Waals surface area (Å²) < 4.78 is 0. The zero-order valence-corrected chi connectivity index (χ0v) is 13.8. The smallest absolute Gasteiger partial charge is 0.270 e. The first kappa shape index (κ1) is 17.4. The van der Waals surface area contributed by atoms with Crippen LogP contribution >= 0.6 is 0 Å². The largest absolute Gasteiger partial charge is 0.508 e. The number of nitrogens with zero attached hydrogens (tertiary/aromatic N) is 2. The second-order valence-electron chi connectivity index (χ2n) is 5.95. The summed E-state index contributed by atoms with van der Waals surface area (Å²) in [7, 11) is 0. The molecule has 1 saturated heterocycles. The van der Waals surface area contributed by atoms with Gasteiger partial charge in [-0.1, -0.05) is 0 Å². The van der Waals surface area contributed by atoms with E-state index in [9.17, 15) is 24.8 Å².